The topological polar surface area (TPSA) is 110 Å². The summed E-state index contributed by atoms with van der Waals surface area (Å²) in [6.07, 6.45) is 0. The fourth-order valence-corrected chi connectivity index (χ4v) is 4.65. The van der Waals surface area contributed by atoms with Crippen LogP contribution in [-0.4, -0.2) is 37.7 Å². The third kappa shape index (κ3) is 5.07. The van der Waals surface area contributed by atoms with Crippen LogP contribution in [0.4, 0.5) is 5.13 Å². The van der Waals surface area contributed by atoms with Crippen molar-refractivity contribution < 1.29 is 17.9 Å². The van der Waals surface area contributed by atoms with Crippen LogP contribution in [0.5, 0.6) is 5.75 Å². The lowest BCUT2D eigenvalue weighted by molar-refractivity contribution is 0.0940. The number of rotatable bonds is 7. The standard InChI is InChI=1S/C19H19ClN4O4S2/c1-11(2)21-17(25)15-10-14(8-9-16(15)28-3)30(26,27)24-19-23-22-18(29-19)12-4-6-13(20)7-5-12/h4-11H,1-3H3,(H,21,25)(H,23,24). The summed E-state index contributed by atoms with van der Waals surface area (Å²) >= 11 is 6.96. The van der Waals surface area contributed by atoms with Gasteiger partial charge in [-0.05, 0) is 44.2 Å². The van der Waals surface area contributed by atoms with Gasteiger partial charge in [0.15, 0.2) is 0 Å². The van der Waals surface area contributed by atoms with Crippen molar-refractivity contribution in [2.45, 2.75) is 24.8 Å². The van der Waals surface area contributed by atoms with Crippen molar-refractivity contribution in [2.24, 2.45) is 0 Å². The first kappa shape index (κ1) is 22.0. The molecule has 0 aliphatic carbocycles. The Morgan fingerprint density at radius 3 is 2.47 bits per heavy atom. The first-order chi connectivity index (χ1) is 14.2. The number of nitrogens with one attached hydrogen (secondary N) is 2. The number of ether oxygens (including phenoxy) is 1. The van der Waals surface area contributed by atoms with Crippen molar-refractivity contribution in [3.05, 3.63) is 53.1 Å². The molecule has 0 saturated carbocycles. The van der Waals surface area contributed by atoms with E-state index in [1.165, 1.54) is 25.3 Å². The molecule has 1 heterocycles. The highest BCUT2D eigenvalue weighted by Crippen LogP contribution is 2.29. The molecule has 30 heavy (non-hydrogen) atoms. The Hall–Kier alpha value is -2.69. The largest absolute Gasteiger partial charge is 0.496 e. The van der Waals surface area contributed by atoms with E-state index in [-0.39, 0.29) is 27.4 Å². The van der Waals surface area contributed by atoms with Gasteiger partial charge < -0.3 is 10.1 Å². The fourth-order valence-electron chi connectivity index (χ4n) is 2.52. The van der Waals surface area contributed by atoms with Gasteiger partial charge in [0, 0.05) is 16.6 Å². The monoisotopic (exact) mass is 466 g/mol. The van der Waals surface area contributed by atoms with Crippen LogP contribution in [0.25, 0.3) is 10.6 Å². The number of methoxy groups -OCH3 is 1. The lowest BCUT2D eigenvalue weighted by Crippen LogP contribution is -2.30. The Balaban J connectivity index is 1.87. The van der Waals surface area contributed by atoms with Crippen LogP contribution in [0.3, 0.4) is 0 Å². The number of hydrogen-bond donors (Lipinski definition) is 2. The number of benzene rings is 2. The van der Waals surface area contributed by atoms with Crippen molar-refractivity contribution >= 4 is 44.0 Å². The molecule has 11 heteroatoms. The molecule has 0 aliphatic rings. The Morgan fingerprint density at radius 2 is 1.83 bits per heavy atom. The summed E-state index contributed by atoms with van der Waals surface area (Å²) in [5.74, 6) is -0.159. The van der Waals surface area contributed by atoms with Gasteiger partial charge in [-0.25, -0.2) is 8.42 Å². The number of carbonyl (C=O) groups excluding carboxylic acids is 1. The third-order valence-corrected chi connectivity index (χ3v) is 6.49. The summed E-state index contributed by atoms with van der Waals surface area (Å²) in [5, 5.41) is 11.9. The van der Waals surface area contributed by atoms with Gasteiger partial charge in [-0.1, -0.05) is 35.1 Å². The van der Waals surface area contributed by atoms with Crippen LogP contribution < -0.4 is 14.8 Å². The highest BCUT2D eigenvalue weighted by atomic mass is 35.5. The van der Waals surface area contributed by atoms with Gasteiger partial charge in [-0.2, -0.15) is 0 Å². The maximum absolute atomic E-state index is 12.8. The summed E-state index contributed by atoms with van der Waals surface area (Å²) in [7, 11) is -2.59. The first-order valence-electron chi connectivity index (χ1n) is 8.81. The molecule has 0 unspecified atom stereocenters. The number of hydrogen-bond acceptors (Lipinski definition) is 7. The molecule has 0 aliphatic heterocycles. The predicted molar refractivity (Wildman–Crippen MR) is 117 cm³/mol. The molecule has 1 aromatic heterocycles. The quantitative estimate of drug-likeness (QED) is 0.547. The van der Waals surface area contributed by atoms with Gasteiger partial charge in [0.2, 0.25) is 5.13 Å². The molecule has 8 nitrogen and oxygen atoms in total. The number of carbonyl (C=O) groups is 1. The van der Waals surface area contributed by atoms with Gasteiger partial charge in [0.1, 0.15) is 10.8 Å². The zero-order chi connectivity index (χ0) is 21.9. The second-order valence-corrected chi connectivity index (χ2v) is 9.61. The average molecular weight is 467 g/mol. The van der Waals surface area contributed by atoms with Gasteiger partial charge in [-0.3, -0.25) is 9.52 Å². The molecular weight excluding hydrogens is 448 g/mol. The summed E-state index contributed by atoms with van der Waals surface area (Å²) in [4.78, 5) is 12.3. The number of nitrogens with zero attached hydrogens (tertiary/aromatic N) is 2. The molecule has 2 N–H and O–H groups in total. The number of amides is 1. The Labute approximate surface area is 183 Å². The van der Waals surface area contributed by atoms with E-state index in [4.69, 9.17) is 16.3 Å². The van der Waals surface area contributed by atoms with Crippen LogP contribution in [0.2, 0.25) is 5.02 Å². The Morgan fingerprint density at radius 1 is 1.13 bits per heavy atom. The summed E-state index contributed by atoms with van der Waals surface area (Å²) in [5.41, 5.74) is 0.882. The molecule has 3 aromatic rings. The van der Waals surface area contributed by atoms with Crippen LogP contribution in [-0.2, 0) is 10.0 Å². The van der Waals surface area contributed by atoms with E-state index < -0.39 is 15.9 Å². The Kier molecular flexibility index (Phi) is 6.59. The SMILES string of the molecule is COc1ccc(S(=O)(=O)Nc2nnc(-c3ccc(Cl)cc3)s2)cc1C(=O)NC(C)C. The zero-order valence-corrected chi connectivity index (χ0v) is 18.7. The van der Waals surface area contributed by atoms with Crippen molar-refractivity contribution in [3.63, 3.8) is 0 Å². The van der Waals surface area contributed by atoms with Crippen molar-refractivity contribution in [2.75, 3.05) is 11.8 Å². The first-order valence-corrected chi connectivity index (χ1v) is 11.5. The van der Waals surface area contributed by atoms with Gasteiger partial charge >= 0.3 is 0 Å². The minimum absolute atomic E-state index is 0.0968. The maximum atomic E-state index is 12.8. The van der Waals surface area contributed by atoms with Crippen molar-refractivity contribution in [1.82, 2.24) is 15.5 Å². The maximum Gasteiger partial charge on any atom is 0.263 e. The number of aromatic nitrogens is 2. The van der Waals surface area contributed by atoms with Gasteiger partial charge in [0.05, 0.1) is 17.6 Å². The van der Waals surface area contributed by atoms with E-state index in [2.05, 4.69) is 20.2 Å². The van der Waals surface area contributed by atoms with Crippen molar-refractivity contribution in [1.29, 1.82) is 0 Å². The zero-order valence-electron chi connectivity index (χ0n) is 16.3. The molecule has 1 amide bonds. The smallest absolute Gasteiger partial charge is 0.263 e. The number of halogens is 1. The number of anilines is 1. The molecule has 0 bridgehead atoms. The summed E-state index contributed by atoms with van der Waals surface area (Å²) < 4.78 is 33.2. The van der Waals surface area contributed by atoms with E-state index in [1.807, 2.05) is 0 Å². The lowest BCUT2D eigenvalue weighted by Gasteiger charge is -2.13. The average Bonchev–Trinajstić information content (AvgIpc) is 3.15. The number of sulfonamides is 1. The Bertz CT molecular complexity index is 1160. The molecule has 0 saturated heterocycles. The van der Waals surface area contributed by atoms with E-state index >= 15 is 0 Å². The molecule has 2 aromatic carbocycles. The second kappa shape index (κ2) is 8.99. The van der Waals surface area contributed by atoms with E-state index in [9.17, 15) is 13.2 Å². The van der Waals surface area contributed by atoms with Crippen LogP contribution in [0, 0.1) is 0 Å². The molecule has 0 radical (unpaired) electrons. The normalized spacial score (nSPS) is 11.4. The third-order valence-electron chi connectivity index (χ3n) is 3.88. The molecular formula is C19H19ClN4O4S2. The van der Waals surface area contributed by atoms with Gasteiger partial charge in [-0.15, -0.1) is 10.2 Å². The molecule has 0 spiro atoms. The second-order valence-electron chi connectivity index (χ2n) is 6.52. The molecule has 158 valence electrons. The highest BCUT2D eigenvalue weighted by Gasteiger charge is 2.22. The van der Waals surface area contributed by atoms with Crippen LogP contribution in [0.1, 0.15) is 24.2 Å². The predicted octanol–water partition coefficient (Wildman–Crippen LogP) is 3.81. The minimum atomic E-state index is -4.00. The summed E-state index contributed by atoms with van der Waals surface area (Å²) in [6, 6.07) is 10.9. The molecule has 3 rings (SSSR count). The van der Waals surface area contributed by atoms with E-state index in [1.54, 1.807) is 38.1 Å². The van der Waals surface area contributed by atoms with Gasteiger partial charge in [0.25, 0.3) is 15.9 Å². The van der Waals surface area contributed by atoms with E-state index in [0.29, 0.717) is 10.0 Å². The van der Waals surface area contributed by atoms with E-state index in [0.717, 1.165) is 16.9 Å². The molecule has 0 atom stereocenters. The fraction of sp³-hybridized carbons (Fsp3) is 0.211. The highest BCUT2D eigenvalue weighted by molar-refractivity contribution is 7.93. The minimum Gasteiger partial charge on any atom is -0.496 e. The van der Waals surface area contributed by atoms with Crippen molar-refractivity contribution in [3.8, 4) is 16.3 Å². The molecule has 0 fully saturated rings. The summed E-state index contributed by atoms with van der Waals surface area (Å²) in [6.45, 7) is 3.61. The van der Waals surface area contributed by atoms with Crippen LogP contribution >= 0.6 is 22.9 Å². The van der Waals surface area contributed by atoms with Crippen LogP contribution in [0.15, 0.2) is 47.4 Å². The lowest BCUT2D eigenvalue weighted by atomic mass is 10.2.